The average molecular weight is 478 g/mol. The van der Waals surface area contributed by atoms with Crippen LogP contribution >= 0.6 is 0 Å². The van der Waals surface area contributed by atoms with Crippen molar-refractivity contribution < 1.29 is 0 Å². The summed E-state index contributed by atoms with van der Waals surface area (Å²) in [6, 6.07) is 9.86. The zero-order chi connectivity index (χ0) is 25.4. The van der Waals surface area contributed by atoms with Crippen molar-refractivity contribution in [3.05, 3.63) is 68.8 Å². The predicted octanol–water partition coefficient (Wildman–Crippen LogP) is 6.64. The van der Waals surface area contributed by atoms with E-state index in [0.29, 0.717) is 6.04 Å². The Bertz CT molecular complexity index is 894. The van der Waals surface area contributed by atoms with Crippen molar-refractivity contribution in [2.75, 3.05) is 32.7 Å². The van der Waals surface area contributed by atoms with E-state index in [-0.39, 0.29) is 0 Å². The first kappa shape index (κ1) is 27.9. The van der Waals surface area contributed by atoms with Gasteiger partial charge in [-0.25, -0.2) is 0 Å². The maximum Gasteiger partial charge on any atom is 0.0325 e. The zero-order valence-corrected chi connectivity index (χ0v) is 23.5. The highest BCUT2D eigenvalue weighted by Crippen LogP contribution is 2.29. The molecule has 1 saturated heterocycles. The van der Waals surface area contributed by atoms with Crippen molar-refractivity contribution >= 4 is 0 Å². The molecule has 2 aromatic carbocycles. The standard InChI is InChI=1S/C32H51N3/c1-23-18-25(3)30(26(4)19-23)10-7-8-11-31(32-27(5)20-24(2)21-28(32)6)34-22-29-12-16-35(17-13-29)15-9-14-33/h18-21,29,31,34H,7-17,22,33H2,1-6H3. The topological polar surface area (TPSA) is 41.3 Å². The monoisotopic (exact) mass is 477 g/mol. The van der Waals surface area contributed by atoms with Crippen molar-refractivity contribution in [3.8, 4) is 0 Å². The fourth-order valence-corrected chi connectivity index (χ4v) is 6.38. The Morgan fingerprint density at radius 1 is 0.829 bits per heavy atom. The first-order chi connectivity index (χ1) is 16.8. The summed E-state index contributed by atoms with van der Waals surface area (Å²) in [4.78, 5) is 2.60. The number of hydrogen-bond donors (Lipinski definition) is 2. The number of benzene rings is 2. The molecule has 1 aliphatic heterocycles. The van der Waals surface area contributed by atoms with E-state index in [9.17, 15) is 0 Å². The Morgan fingerprint density at radius 2 is 1.40 bits per heavy atom. The molecule has 3 heteroatoms. The van der Waals surface area contributed by atoms with Crippen molar-refractivity contribution in [1.82, 2.24) is 10.2 Å². The third-order valence-electron chi connectivity index (χ3n) is 8.13. The van der Waals surface area contributed by atoms with Crippen LogP contribution in [0.15, 0.2) is 24.3 Å². The molecule has 1 heterocycles. The molecular weight excluding hydrogens is 426 g/mol. The van der Waals surface area contributed by atoms with Crippen LogP contribution in [0.25, 0.3) is 0 Å². The first-order valence-electron chi connectivity index (χ1n) is 14.1. The van der Waals surface area contributed by atoms with E-state index in [2.05, 4.69) is 76.0 Å². The molecular formula is C32H51N3. The second kappa shape index (κ2) is 13.6. The third-order valence-corrected chi connectivity index (χ3v) is 8.13. The van der Waals surface area contributed by atoms with Gasteiger partial charge in [0.15, 0.2) is 0 Å². The molecule has 1 atom stereocenters. The number of aryl methyl sites for hydroxylation is 6. The van der Waals surface area contributed by atoms with Crippen molar-refractivity contribution in [2.24, 2.45) is 11.7 Å². The molecule has 0 aliphatic carbocycles. The summed E-state index contributed by atoms with van der Waals surface area (Å²) in [5.74, 6) is 0.788. The molecule has 35 heavy (non-hydrogen) atoms. The lowest BCUT2D eigenvalue weighted by Crippen LogP contribution is -2.39. The van der Waals surface area contributed by atoms with Gasteiger partial charge in [0.1, 0.15) is 0 Å². The summed E-state index contributed by atoms with van der Waals surface area (Å²) < 4.78 is 0. The van der Waals surface area contributed by atoms with Gasteiger partial charge in [-0.3, -0.25) is 0 Å². The van der Waals surface area contributed by atoms with Gasteiger partial charge in [0.2, 0.25) is 0 Å². The van der Waals surface area contributed by atoms with E-state index in [1.807, 2.05) is 0 Å². The van der Waals surface area contributed by atoms with Gasteiger partial charge in [-0.1, -0.05) is 41.8 Å². The molecule has 0 saturated carbocycles. The summed E-state index contributed by atoms with van der Waals surface area (Å²) >= 11 is 0. The molecule has 1 unspecified atom stereocenters. The molecule has 0 radical (unpaired) electrons. The third kappa shape index (κ3) is 8.17. The highest BCUT2D eigenvalue weighted by atomic mass is 15.1. The van der Waals surface area contributed by atoms with Crippen LogP contribution in [0.2, 0.25) is 0 Å². The molecule has 194 valence electrons. The highest BCUT2D eigenvalue weighted by molar-refractivity contribution is 5.40. The Kier molecular flexibility index (Phi) is 10.8. The number of rotatable bonds is 12. The second-order valence-corrected chi connectivity index (χ2v) is 11.3. The number of nitrogens with one attached hydrogen (secondary N) is 1. The summed E-state index contributed by atoms with van der Waals surface area (Å²) in [6.45, 7) is 19.2. The lowest BCUT2D eigenvalue weighted by atomic mass is 9.89. The number of nitrogens with zero attached hydrogens (tertiary/aromatic N) is 1. The van der Waals surface area contributed by atoms with E-state index in [1.165, 1.54) is 91.5 Å². The maximum absolute atomic E-state index is 5.71. The van der Waals surface area contributed by atoms with E-state index in [0.717, 1.165) is 25.4 Å². The van der Waals surface area contributed by atoms with Gasteiger partial charge in [-0.05, 0) is 152 Å². The molecule has 3 nitrogen and oxygen atoms in total. The van der Waals surface area contributed by atoms with Crippen LogP contribution in [0.3, 0.4) is 0 Å². The SMILES string of the molecule is Cc1cc(C)c(CCCCC(NCC2CCN(CCCN)CC2)c2c(C)cc(C)cc2C)c(C)c1. The first-order valence-corrected chi connectivity index (χ1v) is 14.1. The molecule has 0 aromatic heterocycles. The molecule has 0 bridgehead atoms. The van der Waals surface area contributed by atoms with E-state index >= 15 is 0 Å². The number of likely N-dealkylation sites (tertiary alicyclic amines) is 1. The van der Waals surface area contributed by atoms with Crippen molar-refractivity contribution in [2.45, 2.75) is 92.5 Å². The fourth-order valence-electron chi connectivity index (χ4n) is 6.38. The number of hydrogen-bond acceptors (Lipinski definition) is 3. The number of unbranched alkanes of at least 4 members (excludes halogenated alkanes) is 1. The molecule has 0 spiro atoms. The Hall–Kier alpha value is -1.68. The summed E-state index contributed by atoms with van der Waals surface area (Å²) in [5.41, 5.74) is 17.4. The Balaban J connectivity index is 1.60. The van der Waals surface area contributed by atoms with E-state index in [4.69, 9.17) is 5.73 Å². The second-order valence-electron chi connectivity index (χ2n) is 11.3. The Labute approximate surface area is 215 Å². The van der Waals surface area contributed by atoms with Crippen molar-refractivity contribution in [1.29, 1.82) is 0 Å². The van der Waals surface area contributed by atoms with Crippen LogP contribution in [0, 0.1) is 47.5 Å². The van der Waals surface area contributed by atoms with Crippen LogP contribution in [0.5, 0.6) is 0 Å². The molecule has 3 rings (SSSR count). The van der Waals surface area contributed by atoms with Crippen LogP contribution in [0.4, 0.5) is 0 Å². The smallest absolute Gasteiger partial charge is 0.0325 e. The van der Waals surface area contributed by atoms with Gasteiger partial charge < -0.3 is 16.0 Å². The molecule has 1 aliphatic rings. The molecule has 2 aromatic rings. The number of nitrogens with two attached hydrogens (primary N) is 1. The highest BCUT2D eigenvalue weighted by Gasteiger charge is 2.22. The van der Waals surface area contributed by atoms with Gasteiger partial charge in [-0.2, -0.15) is 0 Å². The molecule has 1 fully saturated rings. The maximum atomic E-state index is 5.71. The van der Waals surface area contributed by atoms with Crippen LogP contribution in [-0.2, 0) is 6.42 Å². The Morgan fingerprint density at radius 3 is 1.97 bits per heavy atom. The zero-order valence-electron chi connectivity index (χ0n) is 23.5. The van der Waals surface area contributed by atoms with Gasteiger partial charge >= 0.3 is 0 Å². The molecule has 0 amide bonds. The molecule has 3 N–H and O–H groups in total. The van der Waals surface area contributed by atoms with Crippen LogP contribution < -0.4 is 11.1 Å². The minimum Gasteiger partial charge on any atom is -0.330 e. The largest absolute Gasteiger partial charge is 0.330 e. The average Bonchev–Trinajstić information content (AvgIpc) is 2.79. The normalized spacial score (nSPS) is 16.1. The summed E-state index contributed by atoms with van der Waals surface area (Å²) in [6.07, 6.45) is 8.66. The fraction of sp³-hybridized carbons (Fsp3) is 0.625. The number of piperidine rings is 1. The minimum atomic E-state index is 0.450. The van der Waals surface area contributed by atoms with Gasteiger partial charge in [0.25, 0.3) is 0 Å². The van der Waals surface area contributed by atoms with Gasteiger partial charge in [0, 0.05) is 6.04 Å². The van der Waals surface area contributed by atoms with Gasteiger partial charge in [0.05, 0.1) is 0 Å². The minimum absolute atomic E-state index is 0.450. The van der Waals surface area contributed by atoms with E-state index in [1.54, 1.807) is 11.1 Å². The quantitative estimate of drug-likeness (QED) is 0.337. The summed E-state index contributed by atoms with van der Waals surface area (Å²) in [7, 11) is 0. The summed E-state index contributed by atoms with van der Waals surface area (Å²) in [5, 5.41) is 4.06. The lowest BCUT2D eigenvalue weighted by molar-refractivity contribution is 0.178. The predicted molar refractivity (Wildman–Crippen MR) is 152 cm³/mol. The van der Waals surface area contributed by atoms with Crippen molar-refractivity contribution in [3.63, 3.8) is 0 Å². The van der Waals surface area contributed by atoms with Gasteiger partial charge in [-0.15, -0.1) is 0 Å². The lowest BCUT2D eigenvalue weighted by Gasteiger charge is -2.33. The van der Waals surface area contributed by atoms with Crippen LogP contribution in [-0.4, -0.2) is 37.6 Å². The van der Waals surface area contributed by atoms with Crippen LogP contribution in [0.1, 0.15) is 89.1 Å². The van der Waals surface area contributed by atoms with E-state index < -0.39 is 0 Å².